The Morgan fingerprint density at radius 1 is 1.59 bits per heavy atom. The maximum absolute atomic E-state index is 11.7. The number of rotatable bonds is 5. The number of halogens is 2. The first kappa shape index (κ1) is 14.2. The summed E-state index contributed by atoms with van der Waals surface area (Å²) in [6.07, 6.45) is 6.45. The van der Waals surface area contributed by atoms with E-state index in [4.69, 9.17) is 29.6 Å². The van der Waals surface area contributed by atoms with Gasteiger partial charge in [0.1, 0.15) is 5.15 Å². The van der Waals surface area contributed by atoms with Crippen molar-refractivity contribution in [3.8, 4) is 12.3 Å². The fourth-order valence-electron chi connectivity index (χ4n) is 1.05. The molecule has 90 valence electrons. The van der Waals surface area contributed by atoms with E-state index < -0.39 is 0 Å². The Hall–Kier alpha value is -0.890. The first-order valence-electron chi connectivity index (χ1n) is 4.75. The standard InChI is InChI=1S/C11H10Cl2N2OS/c1-2-4-17-5-3-14-11(16)8-6-10(13)15-7-9(8)12/h1,6-7H,3-5H2,(H,14,16). The van der Waals surface area contributed by atoms with Gasteiger partial charge in [-0.2, -0.15) is 0 Å². The number of hydrogen-bond donors (Lipinski definition) is 1. The van der Waals surface area contributed by atoms with E-state index in [-0.39, 0.29) is 16.1 Å². The predicted molar refractivity (Wildman–Crippen MR) is 72.7 cm³/mol. The summed E-state index contributed by atoms with van der Waals surface area (Å²) in [4.78, 5) is 15.5. The van der Waals surface area contributed by atoms with Gasteiger partial charge < -0.3 is 5.32 Å². The molecule has 1 rings (SSSR count). The van der Waals surface area contributed by atoms with Crippen molar-refractivity contribution in [1.82, 2.24) is 10.3 Å². The summed E-state index contributed by atoms with van der Waals surface area (Å²) >= 11 is 13.1. The Labute approximate surface area is 114 Å². The third kappa shape index (κ3) is 4.86. The molecule has 0 aliphatic rings. The highest BCUT2D eigenvalue weighted by Crippen LogP contribution is 2.17. The second-order valence-corrected chi connectivity index (χ2v) is 4.90. The predicted octanol–water partition coefficient (Wildman–Crippen LogP) is 2.48. The molecule has 0 saturated carbocycles. The van der Waals surface area contributed by atoms with Gasteiger partial charge in [-0.15, -0.1) is 18.2 Å². The van der Waals surface area contributed by atoms with E-state index in [1.54, 1.807) is 11.8 Å². The van der Waals surface area contributed by atoms with Crippen molar-refractivity contribution in [3.63, 3.8) is 0 Å². The molecule has 0 bridgehead atoms. The van der Waals surface area contributed by atoms with Gasteiger partial charge in [0.25, 0.3) is 5.91 Å². The van der Waals surface area contributed by atoms with Gasteiger partial charge in [-0.05, 0) is 6.07 Å². The summed E-state index contributed by atoms with van der Waals surface area (Å²) in [5, 5.41) is 3.24. The van der Waals surface area contributed by atoms with E-state index in [1.807, 2.05) is 0 Å². The van der Waals surface area contributed by atoms with Crippen LogP contribution in [0.4, 0.5) is 0 Å². The van der Waals surface area contributed by atoms with Crippen molar-refractivity contribution in [2.24, 2.45) is 0 Å². The van der Waals surface area contributed by atoms with E-state index in [9.17, 15) is 4.79 Å². The summed E-state index contributed by atoms with van der Waals surface area (Å²) in [5.74, 6) is 3.64. The van der Waals surface area contributed by atoms with Crippen LogP contribution >= 0.6 is 35.0 Å². The quantitative estimate of drug-likeness (QED) is 0.514. The van der Waals surface area contributed by atoms with Gasteiger partial charge in [-0.3, -0.25) is 4.79 Å². The van der Waals surface area contributed by atoms with E-state index >= 15 is 0 Å². The average molecular weight is 289 g/mol. The molecule has 0 spiro atoms. The molecule has 0 aromatic carbocycles. The monoisotopic (exact) mass is 288 g/mol. The molecule has 0 aliphatic carbocycles. The van der Waals surface area contributed by atoms with Crippen LogP contribution in [0.25, 0.3) is 0 Å². The lowest BCUT2D eigenvalue weighted by atomic mass is 10.2. The lowest BCUT2D eigenvalue weighted by Gasteiger charge is -2.06. The van der Waals surface area contributed by atoms with Crippen molar-refractivity contribution in [2.45, 2.75) is 0 Å². The van der Waals surface area contributed by atoms with Gasteiger partial charge in [0.05, 0.1) is 16.3 Å². The van der Waals surface area contributed by atoms with E-state index in [0.29, 0.717) is 17.9 Å². The highest BCUT2D eigenvalue weighted by atomic mass is 35.5. The topological polar surface area (TPSA) is 42.0 Å². The molecule has 17 heavy (non-hydrogen) atoms. The second kappa shape index (κ2) is 7.44. The normalized spacial score (nSPS) is 9.71. The lowest BCUT2D eigenvalue weighted by Crippen LogP contribution is -2.26. The minimum Gasteiger partial charge on any atom is -0.351 e. The number of hydrogen-bond acceptors (Lipinski definition) is 3. The van der Waals surface area contributed by atoms with Crippen molar-refractivity contribution >= 4 is 40.9 Å². The second-order valence-electron chi connectivity index (χ2n) is 3.00. The van der Waals surface area contributed by atoms with Crippen LogP contribution in [-0.2, 0) is 0 Å². The Bertz CT molecular complexity index is 446. The molecule has 3 nitrogen and oxygen atoms in total. The van der Waals surface area contributed by atoms with Gasteiger partial charge in [0.2, 0.25) is 0 Å². The van der Waals surface area contributed by atoms with Crippen molar-refractivity contribution in [1.29, 1.82) is 0 Å². The smallest absolute Gasteiger partial charge is 0.252 e. The van der Waals surface area contributed by atoms with Crippen LogP contribution in [0.15, 0.2) is 12.3 Å². The maximum Gasteiger partial charge on any atom is 0.252 e. The highest BCUT2D eigenvalue weighted by Gasteiger charge is 2.10. The van der Waals surface area contributed by atoms with Crippen molar-refractivity contribution in [2.75, 3.05) is 18.1 Å². The fraction of sp³-hybridized carbons (Fsp3) is 0.273. The highest BCUT2D eigenvalue weighted by molar-refractivity contribution is 7.99. The van der Waals surface area contributed by atoms with Crippen LogP contribution in [0.2, 0.25) is 10.2 Å². The first-order valence-corrected chi connectivity index (χ1v) is 6.66. The molecule has 1 aromatic heterocycles. The Balaban J connectivity index is 2.47. The first-order chi connectivity index (χ1) is 8.15. The van der Waals surface area contributed by atoms with Gasteiger partial charge in [0, 0.05) is 18.5 Å². The molecule has 6 heteroatoms. The number of nitrogens with zero attached hydrogens (tertiary/aromatic N) is 1. The van der Waals surface area contributed by atoms with E-state index in [0.717, 1.165) is 5.75 Å². The number of terminal acetylenes is 1. The zero-order chi connectivity index (χ0) is 12.7. The van der Waals surface area contributed by atoms with Gasteiger partial charge in [0.15, 0.2) is 0 Å². The van der Waals surface area contributed by atoms with Crippen molar-refractivity contribution < 1.29 is 4.79 Å². The third-order valence-corrected chi connectivity index (χ3v) is 3.16. The van der Waals surface area contributed by atoms with Crippen LogP contribution in [0.1, 0.15) is 10.4 Å². The van der Waals surface area contributed by atoms with Crippen LogP contribution < -0.4 is 5.32 Å². The van der Waals surface area contributed by atoms with Crippen LogP contribution in [0, 0.1) is 12.3 Å². The Kier molecular flexibility index (Phi) is 6.20. The molecule has 0 aliphatic heterocycles. The number of aromatic nitrogens is 1. The van der Waals surface area contributed by atoms with Gasteiger partial charge in [-0.1, -0.05) is 29.1 Å². The number of carbonyl (C=O) groups is 1. The molecule has 0 unspecified atom stereocenters. The summed E-state index contributed by atoms with van der Waals surface area (Å²) in [6, 6.07) is 1.44. The third-order valence-electron chi connectivity index (χ3n) is 1.78. The largest absolute Gasteiger partial charge is 0.351 e. The zero-order valence-electron chi connectivity index (χ0n) is 8.87. The molecule has 1 N–H and O–H groups in total. The number of carbonyl (C=O) groups excluding carboxylic acids is 1. The van der Waals surface area contributed by atoms with Gasteiger partial charge in [-0.25, -0.2) is 4.98 Å². The van der Waals surface area contributed by atoms with E-state index in [1.165, 1.54) is 12.3 Å². The Morgan fingerprint density at radius 3 is 3.06 bits per heavy atom. The van der Waals surface area contributed by atoms with Crippen LogP contribution in [0.5, 0.6) is 0 Å². The molecule has 1 aromatic rings. The average Bonchev–Trinajstić information content (AvgIpc) is 2.32. The lowest BCUT2D eigenvalue weighted by molar-refractivity contribution is 0.0956. The number of nitrogens with one attached hydrogen (secondary N) is 1. The van der Waals surface area contributed by atoms with E-state index in [2.05, 4.69) is 16.2 Å². The molecule has 0 fully saturated rings. The molecule has 0 atom stereocenters. The van der Waals surface area contributed by atoms with Gasteiger partial charge >= 0.3 is 0 Å². The van der Waals surface area contributed by atoms with Crippen molar-refractivity contribution in [3.05, 3.63) is 28.0 Å². The SMILES string of the molecule is C#CCSCCNC(=O)c1cc(Cl)ncc1Cl. The zero-order valence-corrected chi connectivity index (χ0v) is 11.2. The molecule has 1 heterocycles. The maximum atomic E-state index is 11.7. The summed E-state index contributed by atoms with van der Waals surface area (Å²) < 4.78 is 0. The van der Waals surface area contributed by atoms with Crippen LogP contribution in [-0.4, -0.2) is 28.9 Å². The summed E-state index contributed by atoms with van der Waals surface area (Å²) in [7, 11) is 0. The number of thioether (sulfide) groups is 1. The number of amides is 1. The molecular formula is C11H10Cl2N2OS. The van der Waals surface area contributed by atoms with Crippen LogP contribution in [0.3, 0.4) is 0 Å². The minimum atomic E-state index is -0.263. The number of pyridine rings is 1. The summed E-state index contributed by atoms with van der Waals surface area (Å²) in [6.45, 7) is 0.529. The molecule has 1 amide bonds. The molecule has 0 saturated heterocycles. The minimum absolute atomic E-state index is 0.237. The fourth-order valence-corrected chi connectivity index (χ4v) is 1.91. The summed E-state index contributed by atoms with van der Waals surface area (Å²) in [5.41, 5.74) is 0.327. The molecular weight excluding hydrogens is 279 g/mol. The Morgan fingerprint density at radius 2 is 2.35 bits per heavy atom. The molecule has 0 radical (unpaired) electrons.